The van der Waals surface area contributed by atoms with Gasteiger partial charge in [-0.15, -0.1) is 0 Å². The standard InChI is InChI=1S/C26H33N3O4/c1-26(2,3)33-24(30)28(21-11-13-27-14-12-21)17-20-15-22-9-10-23(16-20)29(22)25(31)32-18-19-7-5-4-6-8-19/h4-8,11-14,20,22-23H,9-10,15-18H2,1-3H3/t20-,22-,23+. The Morgan fingerprint density at radius 3 is 2.27 bits per heavy atom. The zero-order chi connectivity index (χ0) is 23.4. The topological polar surface area (TPSA) is 72.0 Å². The van der Waals surface area contributed by atoms with Crippen molar-refractivity contribution in [2.24, 2.45) is 5.92 Å². The van der Waals surface area contributed by atoms with Crippen molar-refractivity contribution in [3.8, 4) is 0 Å². The van der Waals surface area contributed by atoms with Gasteiger partial charge in [-0.05, 0) is 70.1 Å². The van der Waals surface area contributed by atoms with Gasteiger partial charge in [-0.25, -0.2) is 9.59 Å². The third-order valence-electron chi connectivity index (χ3n) is 6.28. The van der Waals surface area contributed by atoms with Crippen molar-refractivity contribution < 1.29 is 19.1 Å². The number of fused-ring (bicyclic) bond motifs is 2. The van der Waals surface area contributed by atoms with E-state index in [0.717, 1.165) is 36.9 Å². The summed E-state index contributed by atoms with van der Waals surface area (Å²) in [4.78, 5) is 33.6. The molecule has 2 bridgehead atoms. The third kappa shape index (κ3) is 5.83. The average Bonchev–Trinajstić information content (AvgIpc) is 3.06. The smallest absolute Gasteiger partial charge is 0.414 e. The second-order valence-corrected chi connectivity index (χ2v) is 9.97. The van der Waals surface area contributed by atoms with Crippen molar-refractivity contribution in [1.82, 2.24) is 9.88 Å². The fourth-order valence-corrected chi connectivity index (χ4v) is 4.92. The molecule has 0 aliphatic carbocycles. The van der Waals surface area contributed by atoms with Crippen LogP contribution in [-0.2, 0) is 16.1 Å². The molecular formula is C26H33N3O4. The van der Waals surface area contributed by atoms with Crippen molar-refractivity contribution in [1.29, 1.82) is 0 Å². The molecular weight excluding hydrogens is 418 g/mol. The van der Waals surface area contributed by atoms with E-state index < -0.39 is 5.60 Å². The first-order chi connectivity index (χ1) is 15.8. The molecule has 7 nitrogen and oxygen atoms in total. The molecule has 2 saturated heterocycles. The molecule has 0 saturated carbocycles. The monoisotopic (exact) mass is 451 g/mol. The summed E-state index contributed by atoms with van der Waals surface area (Å²) in [6, 6.07) is 13.7. The van der Waals surface area contributed by atoms with Crippen LogP contribution < -0.4 is 4.90 Å². The normalized spacial score (nSPS) is 22.0. The van der Waals surface area contributed by atoms with Crippen LogP contribution in [0.5, 0.6) is 0 Å². The van der Waals surface area contributed by atoms with Gasteiger partial charge in [0.05, 0.1) is 5.69 Å². The largest absolute Gasteiger partial charge is 0.445 e. The van der Waals surface area contributed by atoms with Crippen LogP contribution in [0.2, 0.25) is 0 Å². The van der Waals surface area contributed by atoms with E-state index in [0.29, 0.717) is 6.54 Å². The number of nitrogens with zero attached hydrogens (tertiary/aromatic N) is 3. The number of carbonyl (C=O) groups is 2. The highest BCUT2D eigenvalue weighted by Crippen LogP contribution is 2.40. The van der Waals surface area contributed by atoms with Gasteiger partial charge in [0.1, 0.15) is 12.2 Å². The summed E-state index contributed by atoms with van der Waals surface area (Å²) in [5.74, 6) is 0.279. The molecule has 3 heterocycles. The molecule has 7 heteroatoms. The predicted octanol–water partition coefficient (Wildman–Crippen LogP) is 5.40. The van der Waals surface area contributed by atoms with Crippen LogP contribution in [0.15, 0.2) is 54.9 Å². The molecule has 3 atom stereocenters. The van der Waals surface area contributed by atoms with Crippen LogP contribution in [0.1, 0.15) is 52.0 Å². The molecule has 0 unspecified atom stereocenters. The highest BCUT2D eigenvalue weighted by molar-refractivity contribution is 5.87. The summed E-state index contributed by atoms with van der Waals surface area (Å²) in [6.07, 6.45) is 6.42. The number of hydrogen-bond donors (Lipinski definition) is 0. The Hall–Kier alpha value is -3.09. The Bertz CT molecular complexity index is 931. The van der Waals surface area contributed by atoms with E-state index in [2.05, 4.69) is 4.98 Å². The number of ether oxygens (including phenoxy) is 2. The lowest BCUT2D eigenvalue weighted by Gasteiger charge is -2.40. The van der Waals surface area contributed by atoms with Crippen molar-refractivity contribution in [3.63, 3.8) is 0 Å². The van der Waals surface area contributed by atoms with Gasteiger partial charge >= 0.3 is 12.2 Å². The SMILES string of the molecule is CC(C)(C)OC(=O)N(C[C@@H]1C[C@H]2CC[C@@H](C1)N2C(=O)OCc1ccccc1)c1ccncc1. The van der Waals surface area contributed by atoms with Crippen LogP contribution in [0.3, 0.4) is 0 Å². The lowest BCUT2D eigenvalue weighted by molar-refractivity contribution is 0.0480. The van der Waals surface area contributed by atoms with E-state index in [1.54, 1.807) is 17.3 Å². The second kappa shape index (κ2) is 9.81. The number of piperidine rings is 1. The Kier molecular flexibility index (Phi) is 6.86. The summed E-state index contributed by atoms with van der Waals surface area (Å²) in [7, 11) is 0. The van der Waals surface area contributed by atoms with Crippen LogP contribution in [0, 0.1) is 5.92 Å². The Labute approximate surface area is 195 Å². The van der Waals surface area contributed by atoms with Crippen LogP contribution in [0.25, 0.3) is 0 Å². The minimum Gasteiger partial charge on any atom is -0.445 e. The lowest BCUT2D eigenvalue weighted by Crippen LogP contribution is -2.49. The van der Waals surface area contributed by atoms with Crippen molar-refractivity contribution in [3.05, 3.63) is 60.4 Å². The van der Waals surface area contributed by atoms with Crippen molar-refractivity contribution in [2.75, 3.05) is 11.4 Å². The van der Waals surface area contributed by atoms with Crippen molar-refractivity contribution in [2.45, 2.75) is 70.7 Å². The molecule has 0 spiro atoms. The Morgan fingerprint density at radius 2 is 1.67 bits per heavy atom. The molecule has 4 rings (SSSR count). The number of anilines is 1. The molecule has 2 amide bonds. The van der Waals surface area contributed by atoms with Crippen molar-refractivity contribution >= 4 is 17.9 Å². The Morgan fingerprint density at radius 1 is 1.03 bits per heavy atom. The average molecular weight is 452 g/mol. The number of pyridine rings is 1. The van der Waals surface area contributed by atoms with E-state index in [1.807, 2.05) is 68.1 Å². The summed E-state index contributed by atoms with van der Waals surface area (Å²) >= 11 is 0. The fourth-order valence-electron chi connectivity index (χ4n) is 4.92. The van der Waals surface area contributed by atoms with Crippen LogP contribution in [0.4, 0.5) is 15.3 Å². The van der Waals surface area contributed by atoms with E-state index >= 15 is 0 Å². The highest BCUT2D eigenvalue weighted by atomic mass is 16.6. The predicted molar refractivity (Wildman–Crippen MR) is 126 cm³/mol. The number of hydrogen-bond acceptors (Lipinski definition) is 5. The first-order valence-corrected chi connectivity index (χ1v) is 11.7. The minimum atomic E-state index is -0.576. The maximum atomic E-state index is 13.0. The molecule has 0 radical (unpaired) electrons. The molecule has 1 aromatic carbocycles. The quantitative estimate of drug-likeness (QED) is 0.608. The van der Waals surface area contributed by atoms with Gasteiger partial charge < -0.3 is 14.4 Å². The van der Waals surface area contributed by atoms with Crippen LogP contribution in [-0.4, -0.2) is 46.3 Å². The molecule has 2 aromatic rings. The summed E-state index contributed by atoms with van der Waals surface area (Å²) in [5.41, 5.74) is 1.18. The number of aromatic nitrogens is 1. The molecule has 2 aliphatic heterocycles. The van der Waals surface area contributed by atoms with Gasteiger partial charge in [0, 0.05) is 31.0 Å². The summed E-state index contributed by atoms with van der Waals surface area (Å²) < 4.78 is 11.3. The van der Waals surface area contributed by atoms with Gasteiger partial charge in [-0.3, -0.25) is 9.88 Å². The Balaban J connectivity index is 1.40. The zero-order valence-corrected chi connectivity index (χ0v) is 19.6. The molecule has 176 valence electrons. The number of benzene rings is 1. The minimum absolute atomic E-state index is 0.148. The second-order valence-electron chi connectivity index (χ2n) is 9.97. The molecule has 2 aliphatic rings. The van der Waals surface area contributed by atoms with E-state index in [1.165, 1.54) is 0 Å². The van der Waals surface area contributed by atoms with Crippen LogP contribution >= 0.6 is 0 Å². The van der Waals surface area contributed by atoms with E-state index in [-0.39, 0.29) is 36.8 Å². The molecule has 0 N–H and O–H groups in total. The summed E-state index contributed by atoms with van der Waals surface area (Å²) in [5, 5.41) is 0. The molecule has 33 heavy (non-hydrogen) atoms. The highest BCUT2D eigenvalue weighted by Gasteiger charge is 2.44. The van der Waals surface area contributed by atoms with E-state index in [9.17, 15) is 9.59 Å². The van der Waals surface area contributed by atoms with Gasteiger partial charge in [0.2, 0.25) is 0 Å². The van der Waals surface area contributed by atoms with Gasteiger partial charge in [0.15, 0.2) is 0 Å². The number of rotatable bonds is 5. The number of amides is 2. The first-order valence-electron chi connectivity index (χ1n) is 11.7. The lowest BCUT2D eigenvalue weighted by atomic mass is 9.90. The summed E-state index contributed by atoms with van der Waals surface area (Å²) in [6.45, 7) is 6.45. The molecule has 1 aromatic heterocycles. The maximum absolute atomic E-state index is 13.0. The van der Waals surface area contributed by atoms with Gasteiger partial charge in [-0.1, -0.05) is 30.3 Å². The maximum Gasteiger partial charge on any atom is 0.414 e. The number of carbonyl (C=O) groups excluding carboxylic acids is 2. The molecule has 2 fully saturated rings. The first kappa shape index (κ1) is 23.1. The van der Waals surface area contributed by atoms with Gasteiger partial charge in [-0.2, -0.15) is 0 Å². The third-order valence-corrected chi connectivity index (χ3v) is 6.28. The van der Waals surface area contributed by atoms with Gasteiger partial charge in [0.25, 0.3) is 0 Å². The zero-order valence-electron chi connectivity index (χ0n) is 19.6. The fraction of sp³-hybridized carbons (Fsp3) is 0.500. The van der Waals surface area contributed by atoms with E-state index in [4.69, 9.17) is 9.47 Å².